The third kappa shape index (κ3) is 4.72. The van der Waals surface area contributed by atoms with Crippen LogP contribution in [0.3, 0.4) is 0 Å². The molecule has 0 bridgehead atoms. The number of carbonyl (C=O) groups is 1. The largest absolute Gasteiger partial charge is 0.355 e. The third-order valence-electron chi connectivity index (χ3n) is 2.06. The molecule has 2 N–H and O–H groups in total. The van der Waals surface area contributed by atoms with Crippen molar-refractivity contribution in [1.82, 2.24) is 15.6 Å². The van der Waals surface area contributed by atoms with Gasteiger partial charge in [0.25, 0.3) is 0 Å². The van der Waals surface area contributed by atoms with Crippen LogP contribution in [0.25, 0.3) is 0 Å². The molecule has 0 saturated heterocycles. The summed E-state index contributed by atoms with van der Waals surface area (Å²) in [6.07, 6.45) is 3.82. The van der Waals surface area contributed by atoms with E-state index in [9.17, 15) is 4.79 Å². The topological polar surface area (TPSA) is 54.0 Å². The summed E-state index contributed by atoms with van der Waals surface area (Å²) in [7, 11) is 0. The molecule has 5 heteroatoms. The smallest absolute Gasteiger partial charge is 0.233 e. The number of hydrogen-bond acceptors (Lipinski definition) is 4. The minimum Gasteiger partial charge on any atom is -0.355 e. The van der Waals surface area contributed by atoms with Crippen molar-refractivity contribution in [2.75, 3.05) is 13.1 Å². The monoisotopic (exact) mass is 241 g/mol. The van der Waals surface area contributed by atoms with Crippen molar-refractivity contribution in [2.45, 2.75) is 33.2 Å². The van der Waals surface area contributed by atoms with E-state index in [1.54, 1.807) is 11.3 Å². The van der Waals surface area contributed by atoms with Crippen LogP contribution in [0, 0.1) is 0 Å². The molecule has 0 atom stereocenters. The maximum Gasteiger partial charge on any atom is 0.233 e. The Balaban J connectivity index is 2.17. The van der Waals surface area contributed by atoms with Crippen molar-refractivity contribution in [1.29, 1.82) is 0 Å². The number of carbonyl (C=O) groups excluding carboxylic acids is 1. The number of thiazole rings is 1. The molecular weight excluding hydrogens is 222 g/mol. The lowest BCUT2D eigenvalue weighted by Gasteiger charge is -2.03. The molecule has 0 fully saturated rings. The van der Waals surface area contributed by atoms with Gasteiger partial charge in [0.05, 0.1) is 11.6 Å². The Morgan fingerprint density at radius 1 is 1.50 bits per heavy atom. The molecule has 1 amide bonds. The van der Waals surface area contributed by atoms with Gasteiger partial charge in [-0.2, -0.15) is 0 Å². The summed E-state index contributed by atoms with van der Waals surface area (Å²) in [6, 6.07) is 0. The van der Waals surface area contributed by atoms with Gasteiger partial charge in [0.2, 0.25) is 5.91 Å². The van der Waals surface area contributed by atoms with E-state index in [0.717, 1.165) is 30.9 Å². The van der Waals surface area contributed by atoms with Crippen molar-refractivity contribution in [3.63, 3.8) is 0 Å². The van der Waals surface area contributed by atoms with Crippen LogP contribution in [-0.2, 0) is 17.8 Å². The van der Waals surface area contributed by atoms with Gasteiger partial charge >= 0.3 is 0 Å². The Morgan fingerprint density at radius 2 is 2.31 bits per heavy atom. The fraction of sp³-hybridized carbons (Fsp3) is 0.636. The minimum atomic E-state index is 0.0575. The highest BCUT2D eigenvalue weighted by atomic mass is 32.1. The van der Waals surface area contributed by atoms with Crippen LogP contribution in [0.2, 0.25) is 0 Å². The van der Waals surface area contributed by atoms with Gasteiger partial charge in [-0.25, -0.2) is 4.98 Å². The molecule has 4 nitrogen and oxygen atoms in total. The number of amides is 1. The molecule has 0 radical (unpaired) electrons. The second-order valence-electron chi connectivity index (χ2n) is 3.53. The van der Waals surface area contributed by atoms with E-state index in [4.69, 9.17) is 0 Å². The normalized spacial score (nSPS) is 10.4. The molecule has 0 aliphatic rings. The van der Waals surface area contributed by atoms with Gasteiger partial charge in [-0.05, 0) is 12.8 Å². The molecule has 0 aliphatic carbocycles. The lowest BCUT2D eigenvalue weighted by molar-refractivity contribution is -0.120. The number of rotatable bonds is 7. The number of aryl methyl sites for hydroxylation is 1. The Labute approximate surface area is 100 Å². The number of nitrogens with one attached hydrogen (secondary N) is 2. The zero-order valence-electron chi connectivity index (χ0n) is 9.88. The zero-order chi connectivity index (χ0) is 11.8. The van der Waals surface area contributed by atoms with Crippen molar-refractivity contribution >= 4 is 17.2 Å². The van der Waals surface area contributed by atoms with E-state index >= 15 is 0 Å². The Hall–Kier alpha value is -0.940. The summed E-state index contributed by atoms with van der Waals surface area (Å²) >= 11 is 1.70. The lowest BCUT2D eigenvalue weighted by atomic mass is 10.4. The van der Waals surface area contributed by atoms with E-state index in [2.05, 4.69) is 22.5 Å². The SMILES string of the molecule is CCCNC(=O)CNCc1cnc(CC)s1. The minimum absolute atomic E-state index is 0.0575. The van der Waals surface area contributed by atoms with E-state index in [0.29, 0.717) is 6.54 Å². The van der Waals surface area contributed by atoms with Gasteiger partial charge in [0.15, 0.2) is 0 Å². The molecule has 0 aromatic carbocycles. The average molecular weight is 241 g/mol. The standard InChI is InChI=1S/C11H19N3OS/c1-3-5-13-10(15)8-12-6-9-7-14-11(4-2)16-9/h7,12H,3-6,8H2,1-2H3,(H,13,15). The third-order valence-corrected chi connectivity index (χ3v) is 3.20. The van der Waals surface area contributed by atoms with E-state index < -0.39 is 0 Å². The maximum atomic E-state index is 11.3. The fourth-order valence-electron chi connectivity index (χ4n) is 1.22. The summed E-state index contributed by atoms with van der Waals surface area (Å²) in [6.45, 7) is 5.98. The molecule has 1 aromatic heterocycles. The summed E-state index contributed by atoms with van der Waals surface area (Å²) in [5.41, 5.74) is 0. The highest BCUT2D eigenvalue weighted by molar-refractivity contribution is 7.11. The predicted molar refractivity (Wildman–Crippen MR) is 66.5 cm³/mol. The molecular formula is C11H19N3OS. The molecule has 0 aliphatic heterocycles. The summed E-state index contributed by atoms with van der Waals surface area (Å²) < 4.78 is 0. The first-order valence-electron chi connectivity index (χ1n) is 5.67. The Bertz CT molecular complexity index is 325. The highest BCUT2D eigenvalue weighted by Crippen LogP contribution is 2.12. The Kier molecular flexibility index (Phi) is 6.03. The second-order valence-corrected chi connectivity index (χ2v) is 4.73. The van der Waals surface area contributed by atoms with Crippen LogP contribution in [-0.4, -0.2) is 24.0 Å². The second kappa shape index (κ2) is 7.35. The van der Waals surface area contributed by atoms with Crippen LogP contribution in [0.5, 0.6) is 0 Å². The van der Waals surface area contributed by atoms with Gasteiger partial charge in [-0.15, -0.1) is 11.3 Å². The van der Waals surface area contributed by atoms with Gasteiger partial charge in [-0.3, -0.25) is 4.79 Å². The van der Waals surface area contributed by atoms with E-state index in [1.165, 1.54) is 4.88 Å². The first-order chi connectivity index (χ1) is 7.76. The van der Waals surface area contributed by atoms with Crippen LogP contribution in [0.1, 0.15) is 30.2 Å². The maximum absolute atomic E-state index is 11.3. The van der Waals surface area contributed by atoms with Gasteiger partial charge in [0.1, 0.15) is 0 Å². The van der Waals surface area contributed by atoms with E-state index in [1.807, 2.05) is 13.1 Å². The molecule has 1 rings (SSSR count). The first-order valence-corrected chi connectivity index (χ1v) is 6.48. The predicted octanol–water partition coefficient (Wildman–Crippen LogP) is 1.32. The van der Waals surface area contributed by atoms with Crippen LogP contribution >= 0.6 is 11.3 Å². The van der Waals surface area contributed by atoms with Gasteiger partial charge in [-0.1, -0.05) is 13.8 Å². The summed E-state index contributed by atoms with van der Waals surface area (Å²) in [5.74, 6) is 0.0575. The molecule has 1 aromatic rings. The van der Waals surface area contributed by atoms with Crippen molar-refractivity contribution in [2.24, 2.45) is 0 Å². The molecule has 90 valence electrons. The molecule has 0 spiro atoms. The van der Waals surface area contributed by atoms with Crippen LogP contribution in [0.15, 0.2) is 6.20 Å². The molecule has 1 heterocycles. The molecule has 0 unspecified atom stereocenters. The Morgan fingerprint density at radius 3 is 2.94 bits per heavy atom. The van der Waals surface area contributed by atoms with Crippen molar-refractivity contribution in [3.8, 4) is 0 Å². The molecule has 0 saturated carbocycles. The van der Waals surface area contributed by atoms with Crippen LogP contribution in [0.4, 0.5) is 0 Å². The summed E-state index contributed by atoms with van der Waals surface area (Å²) in [5, 5.41) is 7.07. The van der Waals surface area contributed by atoms with E-state index in [-0.39, 0.29) is 5.91 Å². The van der Waals surface area contributed by atoms with Crippen molar-refractivity contribution in [3.05, 3.63) is 16.1 Å². The first kappa shape index (κ1) is 13.1. The average Bonchev–Trinajstić information content (AvgIpc) is 2.74. The summed E-state index contributed by atoms with van der Waals surface area (Å²) in [4.78, 5) is 16.7. The van der Waals surface area contributed by atoms with Gasteiger partial charge < -0.3 is 10.6 Å². The lowest BCUT2D eigenvalue weighted by Crippen LogP contribution is -2.33. The van der Waals surface area contributed by atoms with Crippen LogP contribution < -0.4 is 10.6 Å². The highest BCUT2D eigenvalue weighted by Gasteiger charge is 2.02. The van der Waals surface area contributed by atoms with Crippen molar-refractivity contribution < 1.29 is 4.79 Å². The molecule has 16 heavy (non-hydrogen) atoms. The zero-order valence-corrected chi connectivity index (χ0v) is 10.7. The van der Waals surface area contributed by atoms with Gasteiger partial charge in [0, 0.05) is 24.2 Å². The number of aromatic nitrogens is 1. The number of nitrogens with zero attached hydrogens (tertiary/aromatic N) is 1. The fourth-order valence-corrected chi connectivity index (χ4v) is 2.05. The number of hydrogen-bond donors (Lipinski definition) is 2. The quantitative estimate of drug-likeness (QED) is 0.757.